The van der Waals surface area contributed by atoms with E-state index in [1.165, 1.54) is 12.1 Å². The van der Waals surface area contributed by atoms with Crippen LogP contribution >= 0.6 is 0 Å². The fourth-order valence-corrected chi connectivity index (χ4v) is 1.18. The number of ether oxygens (including phenoxy) is 1. The van der Waals surface area contributed by atoms with Gasteiger partial charge < -0.3 is 10.5 Å². The van der Waals surface area contributed by atoms with Crippen LogP contribution in [0.3, 0.4) is 0 Å². The van der Waals surface area contributed by atoms with Gasteiger partial charge in [0, 0.05) is 12.2 Å². The molecule has 0 bridgehead atoms. The third-order valence-corrected chi connectivity index (χ3v) is 1.77. The Kier molecular flexibility index (Phi) is 4.82. The number of hydrogen-bond donors (Lipinski definition) is 1. The zero-order valence-electron chi connectivity index (χ0n) is 8.72. The third kappa shape index (κ3) is 4.11. The van der Waals surface area contributed by atoms with Crippen molar-refractivity contribution in [3.8, 4) is 11.8 Å². The zero-order valence-corrected chi connectivity index (χ0v) is 8.72. The molecule has 0 unspecified atom stereocenters. The van der Waals surface area contributed by atoms with E-state index in [0.29, 0.717) is 18.8 Å². The van der Waals surface area contributed by atoms with Gasteiger partial charge in [-0.25, -0.2) is 4.39 Å². The Labute approximate surface area is 89.2 Å². The quantitative estimate of drug-likeness (QED) is 0.765. The topological polar surface area (TPSA) is 35.2 Å². The Morgan fingerprint density at radius 1 is 1.40 bits per heavy atom. The standard InChI is InChI=1S/C12H14FNO/c1-2-15-9-11-6-10(4-3-5-14)7-12(13)8-11/h6-8H,2,5,9,14H2,1H3. The molecule has 0 spiro atoms. The molecule has 3 heteroatoms. The lowest BCUT2D eigenvalue weighted by Crippen LogP contribution is -1.95. The van der Waals surface area contributed by atoms with E-state index in [9.17, 15) is 4.39 Å². The first kappa shape index (κ1) is 11.7. The van der Waals surface area contributed by atoms with Gasteiger partial charge in [-0.3, -0.25) is 0 Å². The number of hydrogen-bond acceptors (Lipinski definition) is 2. The SMILES string of the molecule is CCOCc1cc(F)cc(C#CCN)c1. The van der Waals surface area contributed by atoms with E-state index in [0.717, 1.165) is 5.56 Å². The second-order valence-electron chi connectivity index (χ2n) is 2.99. The van der Waals surface area contributed by atoms with E-state index in [1.54, 1.807) is 6.07 Å². The van der Waals surface area contributed by atoms with Gasteiger partial charge in [0.1, 0.15) is 5.82 Å². The van der Waals surface area contributed by atoms with Gasteiger partial charge in [-0.15, -0.1) is 0 Å². The van der Waals surface area contributed by atoms with Gasteiger partial charge in [0.15, 0.2) is 0 Å². The summed E-state index contributed by atoms with van der Waals surface area (Å²) in [7, 11) is 0. The first-order valence-corrected chi connectivity index (χ1v) is 4.82. The van der Waals surface area contributed by atoms with Crippen LogP contribution < -0.4 is 5.73 Å². The van der Waals surface area contributed by atoms with Gasteiger partial charge in [-0.2, -0.15) is 0 Å². The maximum atomic E-state index is 13.1. The summed E-state index contributed by atoms with van der Waals surface area (Å²) in [6.45, 7) is 3.19. The van der Waals surface area contributed by atoms with Crippen LogP contribution in [0.4, 0.5) is 4.39 Å². The highest BCUT2D eigenvalue weighted by Gasteiger charge is 1.99. The molecule has 0 heterocycles. The molecule has 15 heavy (non-hydrogen) atoms. The van der Waals surface area contributed by atoms with Crippen molar-refractivity contribution in [2.75, 3.05) is 13.2 Å². The van der Waals surface area contributed by atoms with Crippen molar-refractivity contribution in [1.82, 2.24) is 0 Å². The maximum absolute atomic E-state index is 13.1. The number of benzene rings is 1. The van der Waals surface area contributed by atoms with Crippen LogP contribution in [0, 0.1) is 17.7 Å². The molecule has 0 saturated heterocycles. The summed E-state index contributed by atoms with van der Waals surface area (Å²) in [5.74, 6) is 5.18. The van der Waals surface area contributed by atoms with E-state index in [-0.39, 0.29) is 12.4 Å². The van der Waals surface area contributed by atoms with Crippen molar-refractivity contribution in [2.45, 2.75) is 13.5 Å². The average Bonchev–Trinajstić information content (AvgIpc) is 2.23. The monoisotopic (exact) mass is 207 g/mol. The molecule has 2 nitrogen and oxygen atoms in total. The van der Waals surface area contributed by atoms with Gasteiger partial charge in [0.2, 0.25) is 0 Å². The molecule has 1 rings (SSSR count). The Balaban J connectivity index is 2.84. The number of halogens is 1. The molecule has 0 atom stereocenters. The van der Waals surface area contributed by atoms with Crippen molar-refractivity contribution in [3.05, 3.63) is 35.1 Å². The molecule has 0 aliphatic rings. The van der Waals surface area contributed by atoms with E-state index in [1.807, 2.05) is 6.92 Å². The summed E-state index contributed by atoms with van der Waals surface area (Å²) < 4.78 is 18.3. The second kappa shape index (κ2) is 6.18. The van der Waals surface area contributed by atoms with E-state index >= 15 is 0 Å². The fraction of sp³-hybridized carbons (Fsp3) is 0.333. The molecule has 80 valence electrons. The molecule has 0 amide bonds. The molecular formula is C12H14FNO. The molecule has 1 aromatic rings. The lowest BCUT2D eigenvalue weighted by molar-refractivity contribution is 0.134. The van der Waals surface area contributed by atoms with Crippen LogP contribution in [0.1, 0.15) is 18.1 Å². The van der Waals surface area contributed by atoms with E-state index < -0.39 is 0 Å². The Morgan fingerprint density at radius 3 is 2.87 bits per heavy atom. The summed E-state index contributed by atoms with van der Waals surface area (Å²) >= 11 is 0. The zero-order chi connectivity index (χ0) is 11.1. The van der Waals surface area contributed by atoms with Crippen molar-refractivity contribution < 1.29 is 9.13 Å². The number of rotatable bonds is 3. The first-order chi connectivity index (χ1) is 7.26. The van der Waals surface area contributed by atoms with Crippen molar-refractivity contribution >= 4 is 0 Å². The van der Waals surface area contributed by atoms with Crippen molar-refractivity contribution in [1.29, 1.82) is 0 Å². The van der Waals surface area contributed by atoms with Crippen LogP contribution in [0.5, 0.6) is 0 Å². The first-order valence-electron chi connectivity index (χ1n) is 4.82. The normalized spacial score (nSPS) is 9.53. The van der Waals surface area contributed by atoms with Gasteiger partial charge in [-0.05, 0) is 30.7 Å². The van der Waals surface area contributed by atoms with Crippen LogP contribution in [0.25, 0.3) is 0 Å². The van der Waals surface area contributed by atoms with Crippen molar-refractivity contribution in [2.24, 2.45) is 5.73 Å². The molecular weight excluding hydrogens is 193 g/mol. The predicted octanol–water partition coefficient (Wildman–Crippen LogP) is 1.67. The molecule has 0 saturated carbocycles. The van der Waals surface area contributed by atoms with E-state index in [4.69, 9.17) is 10.5 Å². The second-order valence-corrected chi connectivity index (χ2v) is 2.99. The fourth-order valence-electron chi connectivity index (χ4n) is 1.18. The van der Waals surface area contributed by atoms with Gasteiger partial charge >= 0.3 is 0 Å². The third-order valence-electron chi connectivity index (χ3n) is 1.77. The molecule has 0 radical (unpaired) electrons. The average molecular weight is 207 g/mol. The number of nitrogens with two attached hydrogens (primary N) is 1. The molecule has 0 aliphatic heterocycles. The highest BCUT2D eigenvalue weighted by molar-refractivity contribution is 5.37. The van der Waals surface area contributed by atoms with Crippen LogP contribution in [-0.2, 0) is 11.3 Å². The summed E-state index contributed by atoms with van der Waals surface area (Å²) in [5, 5.41) is 0. The highest BCUT2D eigenvalue weighted by atomic mass is 19.1. The summed E-state index contributed by atoms with van der Waals surface area (Å²) in [6.07, 6.45) is 0. The minimum absolute atomic E-state index is 0.275. The minimum atomic E-state index is -0.298. The summed E-state index contributed by atoms with van der Waals surface area (Å²) in [4.78, 5) is 0. The van der Waals surface area contributed by atoms with Gasteiger partial charge in [0.05, 0.1) is 13.2 Å². The molecule has 0 aliphatic carbocycles. The Hall–Kier alpha value is -1.37. The van der Waals surface area contributed by atoms with Crippen LogP contribution in [0.15, 0.2) is 18.2 Å². The van der Waals surface area contributed by atoms with Crippen LogP contribution in [-0.4, -0.2) is 13.2 Å². The molecule has 0 fully saturated rings. The molecule has 0 aromatic heterocycles. The lowest BCUT2D eigenvalue weighted by Gasteiger charge is -2.02. The van der Waals surface area contributed by atoms with E-state index in [2.05, 4.69) is 11.8 Å². The van der Waals surface area contributed by atoms with Crippen molar-refractivity contribution in [3.63, 3.8) is 0 Å². The van der Waals surface area contributed by atoms with Gasteiger partial charge in [0.25, 0.3) is 0 Å². The summed E-state index contributed by atoms with van der Waals surface area (Å²) in [6, 6.07) is 4.64. The minimum Gasteiger partial charge on any atom is -0.377 e. The van der Waals surface area contributed by atoms with Gasteiger partial charge in [-0.1, -0.05) is 11.8 Å². The predicted molar refractivity (Wildman–Crippen MR) is 57.7 cm³/mol. The summed E-state index contributed by atoms with van der Waals surface area (Å²) in [5.41, 5.74) is 6.66. The maximum Gasteiger partial charge on any atom is 0.124 e. The molecule has 2 N–H and O–H groups in total. The molecule has 1 aromatic carbocycles. The highest BCUT2D eigenvalue weighted by Crippen LogP contribution is 2.09. The largest absolute Gasteiger partial charge is 0.377 e. The Morgan fingerprint density at radius 2 is 2.20 bits per heavy atom. The Bertz CT molecular complexity index is 379. The van der Waals surface area contributed by atoms with Crippen LogP contribution in [0.2, 0.25) is 0 Å². The smallest absolute Gasteiger partial charge is 0.124 e. The lowest BCUT2D eigenvalue weighted by atomic mass is 10.1.